The number of ketones is 1. The molecule has 0 saturated carbocycles. The molecular formula is C13H20O5. The molecule has 3 unspecified atom stereocenters. The van der Waals surface area contributed by atoms with Gasteiger partial charge in [0.25, 0.3) is 0 Å². The molecule has 0 N–H and O–H groups in total. The summed E-state index contributed by atoms with van der Waals surface area (Å²) in [4.78, 5) is 31.4. The molecule has 5 nitrogen and oxygen atoms in total. The van der Waals surface area contributed by atoms with Crippen LogP contribution in [-0.4, -0.2) is 26.1 Å². The van der Waals surface area contributed by atoms with E-state index in [0.29, 0.717) is 5.76 Å². The van der Waals surface area contributed by atoms with Gasteiger partial charge in [-0.25, -0.2) is 9.78 Å². The second-order valence-electron chi connectivity index (χ2n) is 4.14. The fourth-order valence-electron chi connectivity index (χ4n) is 1.89. The van der Waals surface area contributed by atoms with E-state index in [1.807, 2.05) is 19.9 Å². The molecule has 0 aromatic heterocycles. The normalized spacial score (nSPS) is 28.6. The van der Waals surface area contributed by atoms with Crippen LogP contribution < -0.4 is 0 Å². The van der Waals surface area contributed by atoms with Crippen molar-refractivity contribution in [1.29, 1.82) is 0 Å². The molecule has 1 aliphatic carbocycles. The van der Waals surface area contributed by atoms with Gasteiger partial charge in [-0.1, -0.05) is 19.9 Å². The highest BCUT2D eigenvalue weighted by atomic mass is 17.2. The number of allylic oxidation sites excluding steroid dienone is 1. The molecule has 0 radical (unpaired) electrons. The Labute approximate surface area is 107 Å². The first-order chi connectivity index (χ1) is 8.63. The molecule has 0 saturated heterocycles. The second-order valence-corrected chi connectivity index (χ2v) is 4.14. The van der Waals surface area contributed by atoms with Gasteiger partial charge < -0.3 is 4.89 Å². The van der Waals surface area contributed by atoms with E-state index in [-0.39, 0.29) is 17.6 Å². The Morgan fingerprint density at radius 1 is 1.28 bits per heavy atom. The van der Waals surface area contributed by atoms with E-state index >= 15 is 0 Å². The minimum atomic E-state index is -0.667. The highest BCUT2D eigenvalue weighted by molar-refractivity contribution is 5.94. The van der Waals surface area contributed by atoms with Crippen molar-refractivity contribution in [1.82, 2.24) is 0 Å². The zero-order valence-electron chi connectivity index (χ0n) is 11.2. The molecule has 0 bridgehead atoms. The van der Waals surface area contributed by atoms with Crippen LogP contribution in [0.15, 0.2) is 24.0 Å². The second kappa shape index (κ2) is 7.31. The van der Waals surface area contributed by atoms with E-state index < -0.39 is 6.10 Å². The molecule has 0 spiro atoms. The third-order valence-electron chi connectivity index (χ3n) is 2.86. The summed E-state index contributed by atoms with van der Waals surface area (Å²) in [5.41, 5.74) is 0. The first-order valence-electron chi connectivity index (χ1n) is 5.97. The monoisotopic (exact) mass is 256 g/mol. The smallest absolute Gasteiger partial charge is 0.188 e. The zero-order chi connectivity index (χ0) is 13.5. The maximum Gasteiger partial charge on any atom is 0.188 e. The summed E-state index contributed by atoms with van der Waals surface area (Å²) < 4.78 is 0. The third kappa shape index (κ3) is 3.66. The van der Waals surface area contributed by atoms with Gasteiger partial charge >= 0.3 is 0 Å². The van der Waals surface area contributed by atoms with Crippen molar-refractivity contribution in [3.63, 3.8) is 0 Å². The number of carbonyl (C=O) groups is 1. The Kier molecular flexibility index (Phi) is 6.04. The van der Waals surface area contributed by atoms with E-state index in [4.69, 9.17) is 14.7 Å². The predicted octanol–water partition coefficient (Wildman–Crippen LogP) is 2.20. The average molecular weight is 256 g/mol. The number of hydrogen-bond donors (Lipinski definition) is 0. The molecule has 102 valence electrons. The predicted molar refractivity (Wildman–Crippen MR) is 65.2 cm³/mol. The average Bonchev–Trinajstić information content (AvgIpc) is 2.35. The van der Waals surface area contributed by atoms with Gasteiger partial charge in [0.2, 0.25) is 0 Å². The molecule has 0 aliphatic heterocycles. The fraction of sp³-hybridized carbons (Fsp3) is 0.615. The molecule has 0 aromatic rings. The summed E-state index contributed by atoms with van der Waals surface area (Å²) in [5, 5.41) is 0. The van der Waals surface area contributed by atoms with Crippen molar-refractivity contribution < 1.29 is 24.3 Å². The molecule has 0 heterocycles. The van der Waals surface area contributed by atoms with Crippen molar-refractivity contribution in [3.05, 3.63) is 24.0 Å². The topological polar surface area (TPSA) is 54.0 Å². The van der Waals surface area contributed by atoms with Crippen LogP contribution in [0.25, 0.3) is 0 Å². The maximum atomic E-state index is 11.9. The Bertz CT molecular complexity index is 334. The van der Waals surface area contributed by atoms with Gasteiger partial charge in [-0.15, -0.1) is 0 Å². The summed E-state index contributed by atoms with van der Waals surface area (Å²) in [7, 11) is 2.84. The van der Waals surface area contributed by atoms with E-state index in [9.17, 15) is 4.79 Å². The minimum absolute atomic E-state index is 0.0276. The van der Waals surface area contributed by atoms with Crippen LogP contribution >= 0.6 is 0 Å². The number of hydrogen-bond acceptors (Lipinski definition) is 5. The van der Waals surface area contributed by atoms with Crippen LogP contribution in [-0.2, 0) is 24.3 Å². The van der Waals surface area contributed by atoms with Gasteiger partial charge in [-0.2, -0.15) is 4.89 Å². The van der Waals surface area contributed by atoms with Crippen LogP contribution in [0, 0.1) is 11.8 Å². The van der Waals surface area contributed by atoms with E-state index in [0.717, 1.165) is 6.42 Å². The molecule has 1 aliphatic rings. The van der Waals surface area contributed by atoms with Gasteiger partial charge in [-0.3, -0.25) is 4.79 Å². The van der Waals surface area contributed by atoms with Gasteiger partial charge in [-0.05, 0) is 18.6 Å². The Morgan fingerprint density at radius 3 is 2.56 bits per heavy atom. The van der Waals surface area contributed by atoms with Crippen LogP contribution in [0.1, 0.15) is 20.3 Å². The van der Waals surface area contributed by atoms with Gasteiger partial charge in [0.05, 0.1) is 14.2 Å². The first-order valence-corrected chi connectivity index (χ1v) is 5.97. The third-order valence-corrected chi connectivity index (χ3v) is 2.86. The summed E-state index contributed by atoms with van der Waals surface area (Å²) in [5.74, 6) is 0.429. The van der Waals surface area contributed by atoms with E-state index in [1.165, 1.54) is 20.3 Å². The minimum Gasteiger partial charge on any atom is -0.342 e. The molecule has 0 amide bonds. The van der Waals surface area contributed by atoms with Crippen molar-refractivity contribution in [3.8, 4) is 0 Å². The van der Waals surface area contributed by atoms with E-state index in [2.05, 4.69) is 4.89 Å². The van der Waals surface area contributed by atoms with Crippen LogP contribution in [0.4, 0.5) is 0 Å². The first kappa shape index (κ1) is 14.9. The summed E-state index contributed by atoms with van der Waals surface area (Å²) >= 11 is 0. The lowest BCUT2D eigenvalue weighted by Crippen LogP contribution is -2.30. The highest BCUT2D eigenvalue weighted by Gasteiger charge is 2.28. The molecule has 18 heavy (non-hydrogen) atoms. The summed E-state index contributed by atoms with van der Waals surface area (Å²) in [6.45, 7) is 3.88. The molecule has 3 atom stereocenters. The summed E-state index contributed by atoms with van der Waals surface area (Å²) in [6, 6.07) is 0. The van der Waals surface area contributed by atoms with Gasteiger partial charge in [0, 0.05) is 11.8 Å². The Balaban J connectivity index is 2.99. The zero-order valence-corrected chi connectivity index (χ0v) is 11.2. The SMILES string of the molecule is CCC1C=CC(=O)C(OOC)C(C)C=C1OOC. The van der Waals surface area contributed by atoms with Crippen LogP contribution in [0.5, 0.6) is 0 Å². The lowest BCUT2D eigenvalue weighted by atomic mass is 9.91. The number of rotatable bonds is 5. The van der Waals surface area contributed by atoms with E-state index in [1.54, 1.807) is 6.08 Å². The summed E-state index contributed by atoms with van der Waals surface area (Å²) in [6.07, 6.45) is 5.30. The molecule has 0 fully saturated rings. The van der Waals surface area contributed by atoms with Crippen molar-refractivity contribution in [2.24, 2.45) is 11.8 Å². The molecule has 5 heteroatoms. The largest absolute Gasteiger partial charge is 0.342 e. The standard InChI is InChI=1S/C13H20O5/c1-5-10-6-7-11(14)13(18-16-4)9(2)8-12(10)17-15-3/h6-10,13H,5H2,1-4H3. The lowest BCUT2D eigenvalue weighted by molar-refractivity contribution is -0.301. The van der Waals surface area contributed by atoms with Crippen LogP contribution in [0.3, 0.4) is 0 Å². The van der Waals surface area contributed by atoms with Gasteiger partial charge in [0.15, 0.2) is 11.9 Å². The van der Waals surface area contributed by atoms with Crippen molar-refractivity contribution in [2.45, 2.75) is 26.4 Å². The van der Waals surface area contributed by atoms with Gasteiger partial charge in [0.1, 0.15) is 5.76 Å². The quantitative estimate of drug-likeness (QED) is 0.557. The highest BCUT2D eigenvalue weighted by Crippen LogP contribution is 2.25. The molecule has 0 aromatic carbocycles. The number of carbonyl (C=O) groups excluding carboxylic acids is 1. The van der Waals surface area contributed by atoms with Crippen LogP contribution in [0.2, 0.25) is 0 Å². The lowest BCUT2D eigenvalue weighted by Gasteiger charge is -2.22. The van der Waals surface area contributed by atoms with Crippen molar-refractivity contribution >= 4 is 5.78 Å². The van der Waals surface area contributed by atoms with Crippen molar-refractivity contribution in [2.75, 3.05) is 14.2 Å². The Hall–Kier alpha value is -1.17. The maximum absolute atomic E-state index is 11.9. The fourth-order valence-corrected chi connectivity index (χ4v) is 1.89. The Morgan fingerprint density at radius 2 is 2.00 bits per heavy atom. The molecule has 1 rings (SSSR count). The molecular weight excluding hydrogens is 236 g/mol.